The molecule has 0 aromatic rings. The first-order valence-corrected chi connectivity index (χ1v) is 5.34. The predicted molar refractivity (Wildman–Crippen MR) is 53.4 cm³/mol. The number of ketones is 1. The van der Waals surface area contributed by atoms with Crippen molar-refractivity contribution in [2.24, 2.45) is 11.3 Å². The van der Waals surface area contributed by atoms with Gasteiger partial charge in [0.2, 0.25) is 0 Å². The first kappa shape index (κ1) is 8.98. The van der Waals surface area contributed by atoms with Gasteiger partial charge >= 0.3 is 0 Å². The fourth-order valence-electron chi connectivity index (χ4n) is 2.63. The zero-order valence-electron chi connectivity index (χ0n) is 8.60. The maximum Gasteiger partial charge on any atom is 0.155 e. The molecule has 0 heterocycles. The van der Waals surface area contributed by atoms with E-state index < -0.39 is 0 Å². The van der Waals surface area contributed by atoms with Crippen LogP contribution in [-0.2, 0) is 4.79 Å². The van der Waals surface area contributed by atoms with Crippen LogP contribution in [0.4, 0.5) is 0 Å². The first-order valence-electron chi connectivity index (χ1n) is 5.34. The highest BCUT2D eigenvalue weighted by Crippen LogP contribution is 2.47. The molecule has 2 rings (SSSR count). The zero-order chi connectivity index (χ0) is 9.47. The Labute approximate surface area is 80.2 Å². The normalized spacial score (nSPS) is 39.7. The van der Waals surface area contributed by atoms with E-state index in [-0.39, 0.29) is 0 Å². The van der Waals surface area contributed by atoms with Gasteiger partial charge in [0.05, 0.1) is 0 Å². The molecule has 0 aromatic heterocycles. The highest BCUT2D eigenvalue weighted by atomic mass is 16.1. The van der Waals surface area contributed by atoms with Crippen molar-refractivity contribution < 1.29 is 4.79 Å². The second kappa shape index (κ2) is 2.97. The van der Waals surface area contributed by atoms with Crippen LogP contribution in [0.2, 0.25) is 0 Å². The Kier molecular flexibility index (Phi) is 2.05. The van der Waals surface area contributed by atoms with E-state index in [1.165, 1.54) is 18.4 Å². The summed E-state index contributed by atoms with van der Waals surface area (Å²) >= 11 is 0. The minimum Gasteiger partial charge on any atom is -0.295 e. The maximum absolute atomic E-state index is 11.3. The van der Waals surface area contributed by atoms with Gasteiger partial charge in [0, 0.05) is 6.42 Å². The Morgan fingerprint density at radius 2 is 2.23 bits per heavy atom. The smallest absolute Gasteiger partial charge is 0.155 e. The van der Waals surface area contributed by atoms with Gasteiger partial charge in [-0.05, 0) is 43.1 Å². The summed E-state index contributed by atoms with van der Waals surface area (Å²) in [5, 5.41) is 0. The van der Waals surface area contributed by atoms with E-state index in [1.807, 2.05) is 6.08 Å². The number of hydrogen-bond acceptors (Lipinski definition) is 1. The van der Waals surface area contributed by atoms with Crippen LogP contribution < -0.4 is 0 Å². The molecule has 13 heavy (non-hydrogen) atoms. The van der Waals surface area contributed by atoms with Crippen molar-refractivity contribution >= 4 is 5.78 Å². The summed E-state index contributed by atoms with van der Waals surface area (Å²) in [5.41, 5.74) is 1.81. The molecule has 2 aliphatic carbocycles. The molecule has 0 unspecified atom stereocenters. The van der Waals surface area contributed by atoms with Gasteiger partial charge in [0.15, 0.2) is 5.78 Å². The maximum atomic E-state index is 11.3. The number of hydrogen-bond donors (Lipinski definition) is 0. The average molecular weight is 178 g/mol. The molecule has 0 amide bonds. The molecule has 1 saturated carbocycles. The van der Waals surface area contributed by atoms with Crippen LogP contribution in [0.25, 0.3) is 0 Å². The van der Waals surface area contributed by atoms with Gasteiger partial charge in [-0.1, -0.05) is 19.4 Å². The average Bonchev–Trinajstić information content (AvgIpc) is 2.08. The molecule has 1 nitrogen and oxygen atoms in total. The molecule has 72 valence electrons. The Morgan fingerprint density at radius 1 is 1.46 bits per heavy atom. The van der Waals surface area contributed by atoms with Crippen LogP contribution in [0, 0.1) is 11.3 Å². The second-order valence-electron chi connectivity index (χ2n) is 5.04. The molecule has 0 N–H and O–H groups in total. The molecule has 0 radical (unpaired) electrons. The first-order chi connectivity index (χ1) is 6.10. The quantitative estimate of drug-likeness (QED) is 0.557. The second-order valence-corrected chi connectivity index (χ2v) is 5.04. The third-order valence-corrected chi connectivity index (χ3v) is 3.79. The highest BCUT2D eigenvalue weighted by molar-refractivity contribution is 5.91. The molecule has 0 spiro atoms. The van der Waals surface area contributed by atoms with E-state index in [1.54, 1.807) is 0 Å². The lowest BCUT2D eigenvalue weighted by atomic mass is 9.64. The van der Waals surface area contributed by atoms with E-state index in [0.717, 1.165) is 25.2 Å². The lowest BCUT2D eigenvalue weighted by molar-refractivity contribution is -0.115. The summed E-state index contributed by atoms with van der Waals surface area (Å²) in [7, 11) is 0. The third-order valence-electron chi connectivity index (χ3n) is 3.79. The van der Waals surface area contributed by atoms with Crippen molar-refractivity contribution in [3.8, 4) is 0 Å². The summed E-state index contributed by atoms with van der Waals surface area (Å²) < 4.78 is 0. The van der Waals surface area contributed by atoms with Crippen LogP contribution in [0.1, 0.15) is 46.0 Å². The van der Waals surface area contributed by atoms with Gasteiger partial charge in [-0.25, -0.2) is 0 Å². The number of carbonyl (C=O) groups is 1. The van der Waals surface area contributed by atoms with Gasteiger partial charge in [0.25, 0.3) is 0 Å². The molecule has 0 aromatic carbocycles. The summed E-state index contributed by atoms with van der Waals surface area (Å²) in [6.45, 7) is 4.62. The standard InChI is InChI=1S/C12H18O/c1-9-3-5-12(2)6-4-11(13)8-10(12)7-9/h8-9H,3-7H2,1-2H3/t9-,12+/m1/s1. The third kappa shape index (κ3) is 1.56. The Bertz CT molecular complexity index is 264. The Morgan fingerprint density at radius 3 is 3.00 bits per heavy atom. The minimum absolute atomic E-state index is 0.349. The van der Waals surface area contributed by atoms with E-state index in [2.05, 4.69) is 13.8 Å². The van der Waals surface area contributed by atoms with Gasteiger partial charge in [0.1, 0.15) is 0 Å². The summed E-state index contributed by atoms with van der Waals surface area (Å²) in [4.78, 5) is 11.3. The van der Waals surface area contributed by atoms with E-state index >= 15 is 0 Å². The highest BCUT2D eigenvalue weighted by Gasteiger charge is 2.36. The molecule has 0 bridgehead atoms. The van der Waals surface area contributed by atoms with Gasteiger partial charge in [-0.15, -0.1) is 0 Å². The van der Waals surface area contributed by atoms with Crippen molar-refractivity contribution in [2.75, 3.05) is 0 Å². The van der Waals surface area contributed by atoms with Crippen LogP contribution in [0.3, 0.4) is 0 Å². The van der Waals surface area contributed by atoms with E-state index in [9.17, 15) is 4.79 Å². The van der Waals surface area contributed by atoms with Crippen molar-refractivity contribution in [3.05, 3.63) is 11.6 Å². The lowest BCUT2D eigenvalue weighted by Gasteiger charge is -2.41. The number of allylic oxidation sites excluding steroid dienone is 2. The molecule has 0 aliphatic heterocycles. The summed E-state index contributed by atoms with van der Waals surface area (Å²) in [5.74, 6) is 1.13. The van der Waals surface area contributed by atoms with Gasteiger partial charge in [-0.3, -0.25) is 4.79 Å². The largest absolute Gasteiger partial charge is 0.295 e. The Hall–Kier alpha value is -0.590. The van der Waals surface area contributed by atoms with Crippen molar-refractivity contribution in [1.29, 1.82) is 0 Å². The van der Waals surface area contributed by atoms with Crippen LogP contribution in [-0.4, -0.2) is 5.78 Å². The molecule has 1 fully saturated rings. The lowest BCUT2D eigenvalue weighted by Crippen LogP contribution is -2.30. The van der Waals surface area contributed by atoms with Crippen molar-refractivity contribution in [1.82, 2.24) is 0 Å². The van der Waals surface area contributed by atoms with Gasteiger partial charge in [-0.2, -0.15) is 0 Å². The van der Waals surface area contributed by atoms with Crippen molar-refractivity contribution in [2.45, 2.75) is 46.0 Å². The minimum atomic E-state index is 0.349. The molecular weight excluding hydrogens is 160 g/mol. The number of fused-ring (bicyclic) bond motifs is 1. The summed E-state index contributed by atoms with van der Waals surface area (Å²) in [6, 6.07) is 0. The van der Waals surface area contributed by atoms with Crippen LogP contribution in [0.5, 0.6) is 0 Å². The van der Waals surface area contributed by atoms with Gasteiger partial charge < -0.3 is 0 Å². The topological polar surface area (TPSA) is 17.1 Å². The SMILES string of the molecule is C[C@@H]1CC[C@@]2(C)CCC(=O)C=C2C1. The predicted octanol–water partition coefficient (Wildman–Crippen LogP) is 3.10. The fourth-order valence-corrected chi connectivity index (χ4v) is 2.63. The van der Waals surface area contributed by atoms with E-state index in [0.29, 0.717) is 11.2 Å². The molecular formula is C12H18O. The molecule has 2 aliphatic rings. The number of rotatable bonds is 0. The number of carbonyl (C=O) groups excluding carboxylic acids is 1. The monoisotopic (exact) mass is 178 g/mol. The fraction of sp³-hybridized carbons (Fsp3) is 0.750. The van der Waals surface area contributed by atoms with Crippen molar-refractivity contribution in [3.63, 3.8) is 0 Å². The summed E-state index contributed by atoms with van der Waals surface area (Å²) in [6.07, 6.45) is 7.56. The van der Waals surface area contributed by atoms with Crippen LogP contribution >= 0.6 is 0 Å². The molecule has 2 atom stereocenters. The Balaban J connectivity index is 2.27. The molecule has 0 saturated heterocycles. The molecule has 1 heteroatoms. The van der Waals surface area contributed by atoms with E-state index in [4.69, 9.17) is 0 Å². The zero-order valence-corrected chi connectivity index (χ0v) is 8.60. The van der Waals surface area contributed by atoms with Crippen LogP contribution in [0.15, 0.2) is 11.6 Å².